The molecule has 1 aromatic carbocycles. The summed E-state index contributed by atoms with van der Waals surface area (Å²) in [6.07, 6.45) is 1.52. The van der Waals surface area contributed by atoms with Gasteiger partial charge in [-0.05, 0) is 24.3 Å². The number of furan rings is 1. The highest BCUT2D eigenvalue weighted by molar-refractivity contribution is 7.85. The zero-order chi connectivity index (χ0) is 9.10. The van der Waals surface area contributed by atoms with E-state index in [9.17, 15) is 4.21 Å². The van der Waals surface area contributed by atoms with Crippen molar-refractivity contribution in [3.8, 4) is 0 Å². The van der Waals surface area contributed by atoms with Crippen LogP contribution in [0, 0.1) is 0 Å². The topological polar surface area (TPSA) is 30.2 Å². The monoisotopic (exact) mass is 192 g/mol. The zero-order valence-electron chi connectivity index (χ0n) is 6.84. The summed E-state index contributed by atoms with van der Waals surface area (Å²) in [5, 5.41) is 0.492. The first-order chi connectivity index (χ1) is 6.38. The maximum atomic E-state index is 11.7. The molecule has 66 valence electrons. The van der Waals surface area contributed by atoms with E-state index < -0.39 is 10.8 Å². The van der Waals surface area contributed by atoms with Crippen LogP contribution in [0.25, 0.3) is 0 Å². The van der Waals surface area contributed by atoms with Crippen molar-refractivity contribution in [1.82, 2.24) is 0 Å². The van der Waals surface area contributed by atoms with Gasteiger partial charge in [0.05, 0.1) is 6.26 Å². The third kappa shape index (κ3) is 1.70. The lowest BCUT2D eigenvalue weighted by atomic mass is 10.4. The minimum atomic E-state index is -1.18. The van der Waals surface area contributed by atoms with E-state index in [0.717, 1.165) is 4.90 Å². The fraction of sp³-hybridized carbons (Fsp3) is 0. The minimum Gasteiger partial charge on any atom is -0.455 e. The molecule has 0 saturated carbocycles. The minimum absolute atomic E-state index is 0.492. The Hall–Kier alpha value is -1.35. The number of hydrogen-bond acceptors (Lipinski definition) is 2. The van der Waals surface area contributed by atoms with Gasteiger partial charge in [-0.15, -0.1) is 0 Å². The fourth-order valence-corrected chi connectivity index (χ4v) is 2.01. The first kappa shape index (κ1) is 8.26. The number of hydrogen-bond donors (Lipinski definition) is 0. The lowest BCUT2D eigenvalue weighted by molar-refractivity contribution is 0.465. The summed E-state index contributed by atoms with van der Waals surface area (Å²) in [5.41, 5.74) is 0. The summed E-state index contributed by atoms with van der Waals surface area (Å²) in [4.78, 5) is 0.762. The van der Waals surface area contributed by atoms with Crippen LogP contribution in [0.1, 0.15) is 0 Å². The van der Waals surface area contributed by atoms with Crippen molar-refractivity contribution in [3.63, 3.8) is 0 Å². The molecule has 0 fully saturated rings. The molecule has 13 heavy (non-hydrogen) atoms. The van der Waals surface area contributed by atoms with Crippen LogP contribution in [0.5, 0.6) is 0 Å². The molecule has 3 heteroatoms. The maximum Gasteiger partial charge on any atom is 0.194 e. The Morgan fingerprint density at radius 2 is 1.77 bits per heavy atom. The molecule has 0 spiro atoms. The van der Waals surface area contributed by atoms with Gasteiger partial charge in [0.2, 0.25) is 0 Å². The van der Waals surface area contributed by atoms with Gasteiger partial charge in [0.15, 0.2) is 5.09 Å². The van der Waals surface area contributed by atoms with Crippen LogP contribution in [0.2, 0.25) is 0 Å². The summed E-state index contributed by atoms with van der Waals surface area (Å²) in [6, 6.07) is 12.7. The molecule has 0 aliphatic carbocycles. The van der Waals surface area contributed by atoms with E-state index in [0.29, 0.717) is 5.09 Å². The van der Waals surface area contributed by atoms with Crippen molar-refractivity contribution in [2.24, 2.45) is 0 Å². The lowest BCUT2D eigenvalue weighted by Crippen LogP contribution is -1.89. The average Bonchev–Trinajstić information content (AvgIpc) is 2.71. The second-order valence-corrected chi connectivity index (χ2v) is 3.93. The van der Waals surface area contributed by atoms with Gasteiger partial charge in [0.1, 0.15) is 10.8 Å². The van der Waals surface area contributed by atoms with E-state index >= 15 is 0 Å². The molecule has 1 unspecified atom stereocenters. The molecule has 1 atom stereocenters. The smallest absolute Gasteiger partial charge is 0.194 e. The van der Waals surface area contributed by atoms with Crippen molar-refractivity contribution < 1.29 is 8.63 Å². The fourth-order valence-electron chi connectivity index (χ4n) is 1.03. The molecule has 1 aromatic heterocycles. The molecule has 0 aliphatic rings. The third-order valence-corrected chi connectivity index (χ3v) is 2.93. The molecule has 2 rings (SSSR count). The largest absolute Gasteiger partial charge is 0.455 e. The van der Waals surface area contributed by atoms with Gasteiger partial charge in [0.25, 0.3) is 0 Å². The molecule has 2 aromatic rings. The Kier molecular flexibility index (Phi) is 2.27. The predicted molar refractivity (Wildman–Crippen MR) is 49.8 cm³/mol. The van der Waals surface area contributed by atoms with Crippen molar-refractivity contribution in [1.29, 1.82) is 0 Å². The first-order valence-electron chi connectivity index (χ1n) is 3.88. The highest BCUT2D eigenvalue weighted by Gasteiger charge is 2.07. The van der Waals surface area contributed by atoms with E-state index in [-0.39, 0.29) is 0 Å². The lowest BCUT2D eigenvalue weighted by Gasteiger charge is -1.96. The van der Waals surface area contributed by atoms with Crippen LogP contribution in [0.15, 0.2) is 63.1 Å². The highest BCUT2D eigenvalue weighted by Crippen LogP contribution is 2.15. The van der Waals surface area contributed by atoms with Crippen molar-refractivity contribution in [2.75, 3.05) is 0 Å². The predicted octanol–water partition coefficient (Wildman–Crippen LogP) is 2.45. The summed E-state index contributed by atoms with van der Waals surface area (Å²) >= 11 is 0. The van der Waals surface area contributed by atoms with Crippen LogP contribution in [-0.4, -0.2) is 4.21 Å². The van der Waals surface area contributed by atoms with E-state index in [2.05, 4.69) is 0 Å². The van der Waals surface area contributed by atoms with E-state index in [1.165, 1.54) is 6.26 Å². The van der Waals surface area contributed by atoms with Crippen LogP contribution in [-0.2, 0) is 10.8 Å². The van der Waals surface area contributed by atoms with Gasteiger partial charge in [-0.1, -0.05) is 18.2 Å². The van der Waals surface area contributed by atoms with Gasteiger partial charge >= 0.3 is 0 Å². The molecule has 0 bridgehead atoms. The Bertz CT molecular complexity index is 392. The molecular weight excluding hydrogens is 184 g/mol. The normalized spacial score (nSPS) is 12.6. The van der Waals surface area contributed by atoms with Crippen LogP contribution in [0.4, 0.5) is 0 Å². The molecule has 0 N–H and O–H groups in total. The van der Waals surface area contributed by atoms with Crippen molar-refractivity contribution >= 4 is 10.8 Å². The van der Waals surface area contributed by atoms with Crippen LogP contribution >= 0.6 is 0 Å². The van der Waals surface area contributed by atoms with Crippen LogP contribution < -0.4 is 0 Å². The summed E-state index contributed by atoms with van der Waals surface area (Å²) in [6.45, 7) is 0. The quantitative estimate of drug-likeness (QED) is 0.731. The standard InChI is InChI=1S/C10H8O2S/c11-13(10-7-4-8-12-10)9-5-2-1-3-6-9/h1-8H. The Morgan fingerprint density at radius 3 is 2.38 bits per heavy atom. The van der Waals surface area contributed by atoms with Gasteiger partial charge in [-0.2, -0.15) is 0 Å². The number of benzene rings is 1. The van der Waals surface area contributed by atoms with Gasteiger partial charge in [-0.3, -0.25) is 0 Å². The summed E-state index contributed by atoms with van der Waals surface area (Å²) in [7, 11) is -1.18. The SMILES string of the molecule is O=S(c1ccccc1)c1ccco1. The van der Waals surface area contributed by atoms with E-state index in [4.69, 9.17) is 4.42 Å². The summed E-state index contributed by atoms with van der Waals surface area (Å²) in [5.74, 6) is 0. The highest BCUT2D eigenvalue weighted by atomic mass is 32.2. The molecule has 0 radical (unpaired) electrons. The molecule has 0 saturated heterocycles. The van der Waals surface area contributed by atoms with Crippen LogP contribution in [0.3, 0.4) is 0 Å². The Labute approximate surface area is 78.7 Å². The zero-order valence-corrected chi connectivity index (χ0v) is 7.66. The second-order valence-electron chi connectivity index (χ2n) is 2.51. The Balaban J connectivity index is 2.34. The average molecular weight is 192 g/mol. The number of rotatable bonds is 2. The second kappa shape index (κ2) is 3.58. The van der Waals surface area contributed by atoms with E-state index in [1.54, 1.807) is 12.1 Å². The van der Waals surface area contributed by atoms with Gasteiger partial charge < -0.3 is 4.42 Å². The molecule has 1 heterocycles. The van der Waals surface area contributed by atoms with Gasteiger partial charge in [0, 0.05) is 4.90 Å². The maximum absolute atomic E-state index is 11.7. The van der Waals surface area contributed by atoms with Gasteiger partial charge in [-0.25, -0.2) is 4.21 Å². The summed E-state index contributed by atoms with van der Waals surface area (Å²) < 4.78 is 16.8. The molecule has 2 nitrogen and oxygen atoms in total. The first-order valence-corrected chi connectivity index (χ1v) is 5.03. The van der Waals surface area contributed by atoms with Crippen molar-refractivity contribution in [2.45, 2.75) is 9.99 Å². The van der Waals surface area contributed by atoms with E-state index in [1.807, 2.05) is 30.3 Å². The van der Waals surface area contributed by atoms with Crippen molar-refractivity contribution in [3.05, 3.63) is 48.7 Å². The Morgan fingerprint density at radius 1 is 1.00 bits per heavy atom. The third-order valence-electron chi connectivity index (χ3n) is 1.64. The molecule has 0 amide bonds. The molecule has 0 aliphatic heterocycles. The molecular formula is C10H8O2S.